The third-order valence-electron chi connectivity index (χ3n) is 5.80. The van der Waals surface area contributed by atoms with Gasteiger partial charge in [-0.05, 0) is 59.7 Å². The first kappa shape index (κ1) is 26.0. The number of amides is 1. The molecule has 4 rings (SSSR count). The molecule has 0 saturated carbocycles. The number of rotatable bonds is 9. The van der Waals surface area contributed by atoms with Crippen molar-refractivity contribution in [2.45, 2.75) is 13.5 Å². The van der Waals surface area contributed by atoms with Gasteiger partial charge in [0, 0.05) is 11.3 Å². The molecule has 0 aromatic heterocycles. The van der Waals surface area contributed by atoms with Gasteiger partial charge in [0.1, 0.15) is 18.2 Å². The first-order chi connectivity index (χ1) is 18.5. The Kier molecular flexibility index (Phi) is 8.37. The van der Waals surface area contributed by atoms with Gasteiger partial charge in [0.05, 0.1) is 19.3 Å². The summed E-state index contributed by atoms with van der Waals surface area (Å²) < 4.78 is 16.7. The van der Waals surface area contributed by atoms with Crippen molar-refractivity contribution in [2.75, 3.05) is 19.0 Å². The molecule has 0 bridgehead atoms. The van der Waals surface area contributed by atoms with Crippen LogP contribution in [0.15, 0.2) is 90.5 Å². The standard InChI is InChI=1S/C31H26N2O5/c1-3-37-31(35)22-14-16-26(17-15-22)33-30(34)25(19-32)18-23-10-7-13-28(36-2)29(23)38-20-24-11-6-9-21-8-4-5-12-27(21)24/h4-18H,3,20H2,1-2H3,(H,33,34)/b25-18+. The van der Waals surface area contributed by atoms with E-state index in [4.69, 9.17) is 14.2 Å². The second-order valence-electron chi connectivity index (χ2n) is 8.23. The molecule has 0 radical (unpaired) electrons. The van der Waals surface area contributed by atoms with Crippen molar-refractivity contribution in [2.24, 2.45) is 0 Å². The Hall–Kier alpha value is -5.09. The number of nitriles is 1. The molecule has 0 aliphatic carbocycles. The molecule has 0 atom stereocenters. The van der Waals surface area contributed by atoms with Gasteiger partial charge in [-0.15, -0.1) is 0 Å². The Labute approximate surface area is 220 Å². The van der Waals surface area contributed by atoms with Gasteiger partial charge < -0.3 is 19.5 Å². The quantitative estimate of drug-likeness (QED) is 0.166. The van der Waals surface area contributed by atoms with E-state index < -0.39 is 11.9 Å². The number of hydrogen-bond acceptors (Lipinski definition) is 6. The highest BCUT2D eigenvalue weighted by Crippen LogP contribution is 2.34. The maximum absolute atomic E-state index is 12.9. The Balaban J connectivity index is 1.57. The van der Waals surface area contributed by atoms with E-state index in [0.29, 0.717) is 28.3 Å². The third-order valence-corrected chi connectivity index (χ3v) is 5.80. The van der Waals surface area contributed by atoms with Gasteiger partial charge in [-0.3, -0.25) is 4.79 Å². The molecule has 4 aromatic rings. The van der Waals surface area contributed by atoms with Crippen LogP contribution in [0.2, 0.25) is 0 Å². The summed E-state index contributed by atoms with van der Waals surface area (Å²) in [5, 5.41) is 14.6. The zero-order chi connectivity index (χ0) is 26.9. The van der Waals surface area contributed by atoms with Gasteiger partial charge in [-0.25, -0.2) is 4.79 Å². The number of carbonyl (C=O) groups excluding carboxylic acids is 2. The molecule has 0 heterocycles. The zero-order valence-corrected chi connectivity index (χ0v) is 21.1. The highest BCUT2D eigenvalue weighted by atomic mass is 16.5. The number of carbonyl (C=O) groups is 2. The van der Waals surface area contributed by atoms with Gasteiger partial charge >= 0.3 is 5.97 Å². The van der Waals surface area contributed by atoms with E-state index in [1.807, 2.05) is 48.5 Å². The van der Waals surface area contributed by atoms with E-state index in [-0.39, 0.29) is 18.8 Å². The third kappa shape index (κ3) is 6.00. The highest BCUT2D eigenvalue weighted by Gasteiger charge is 2.15. The summed E-state index contributed by atoms with van der Waals surface area (Å²) in [4.78, 5) is 24.7. The minimum Gasteiger partial charge on any atom is -0.493 e. The van der Waals surface area contributed by atoms with E-state index in [1.54, 1.807) is 49.4 Å². The van der Waals surface area contributed by atoms with Crippen LogP contribution in [0.1, 0.15) is 28.4 Å². The molecule has 0 unspecified atom stereocenters. The number of nitrogens with zero attached hydrogens (tertiary/aromatic N) is 1. The van der Waals surface area contributed by atoms with Crippen LogP contribution in [-0.2, 0) is 16.1 Å². The van der Waals surface area contributed by atoms with Crippen molar-refractivity contribution in [1.82, 2.24) is 0 Å². The number of esters is 1. The molecule has 7 nitrogen and oxygen atoms in total. The van der Waals surface area contributed by atoms with Crippen molar-refractivity contribution in [3.63, 3.8) is 0 Å². The van der Waals surface area contributed by atoms with Crippen LogP contribution in [0.5, 0.6) is 11.5 Å². The monoisotopic (exact) mass is 506 g/mol. The Morgan fingerprint density at radius 1 is 0.947 bits per heavy atom. The Morgan fingerprint density at radius 3 is 2.42 bits per heavy atom. The second kappa shape index (κ2) is 12.2. The number of fused-ring (bicyclic) bond motifs is 1. The predicted molar refractivity (Wildman–Crippen MR) is 146 cm³/mol. The number of nitrogens with one attached hydrogen (secondary N) is 1. The number of benzene rings is 4. The van der Waals surface area contributed by atoms with Crippen molar-refractivity contribution in [1.29, 1.82) is 5.26 Å². The molecule has 1 amide bonds. The zero-order valence-electron chi connectivity index (χ0n) is 21.1. The summed E-state index contributed by atoms with van der Waals surface area (Å²) in [5.74, 6) is -0.148. The van der Waals surface area contributed by atoms with Crippen LogP contribution >= 0.6 is 0 Å². The molecule has 190 valence electrons. The molecule has 38 heavy (non-hydrogen) atoms. The van der Waals surface area contributed by atoms with Gasteiger partial charge in [-0.1, -0.05) is 54.6 Å². The molecule has 0 fully saturated rings. The molecule has 0 aliphatic rings. The number of para-hydroxylation sites is 1. The number of ether oxygens (including phenoxy) is 3. The lowest BCUT2D eigenvalue weighted by molar-refractivity contribution is -0.112. The SMILES string of the molecule is CCOC(=O)c1ccc(NC(=O)/C(C#N)=C/c2cccc(OC)c2OCc2cccc3ccccc23)cc1. The summed E-state index contributed by atoms with van der Waals surface area (Å²) in [6.45, 7) is 2.26. The molecule has 0 aliphatic heterocycles. The molecule has 7 heteroatoms. The van der Waals surface area contributed by atoms with Gasteiger partial charge in [0.15, 0.2) is 11.5 Å². The summed E-state index contributed by atoms with van der Waals surface area (Å²) in [5.41, 5.74) is 2.19. The topological polar surface area (TPSA) is 97.7 Å². The minimum atomic E-state index is -0.598. The normalized spacial score (nSPS) is 10.9. The summed E-state index contributed by atoms with van der Waals surface area (Å²) >= 11 is 0. The smallest absolute Gasteiger partial charge is 0.338 e. The Morgan fingerprint density at radius 2 is 1.68 bits per heavy atom. The summed E-state index contributed by atoms with van der Waals surface area (Å²) in [7, 11) is 1.53. The van der Waals surface area contributed by atoms with Crippen LogP contribution in [0, 0.1) is 11.3 Å². The first-order valence-electron chi connectivity index (χ1n) is 12.0. The summed E-state index contributed by atoms with van der Waals surface area (Å²) in [6.07, 6.45) is 1.46. The van der Waals surface area contributed by atoms with E-state index >= 15 is 0 Å². The van der Waals surface area contributed by atoms with Crippen LogP contribution in [0.3, 0.4) is 0 Å². The van der Waals surface area contributed by atoms with E-state index in [1.165, 1.54) is 13.2 Å². The molecule has 1 N–H and O–H groups in total. The van der Waals surface area contributed by atoms with E-state index in [9.17, 15) is 14.9 Å². The predicted octanol–water partition coefficient (Wildman–Crippen LogP) is 6.15. The maximum atomic E-state index is 12.9. The van der Waals surface area contributed by atoms with Crippen LogP contribution < -0.4 is 14.8 Å². The number of anilines is 1. The van der Waals surface area contributed by atoms with E-state index in [2.05, 4.69) is 5.32 Å². The van der Waals surface area contributed by atoms with Gasteiger partial charge in [0.2, 0.25) is 0 Å². The molecule has 0 saturated heterocycles. The fourth-order valence-electron chi connectivity index (χ4n) is 3.94. The lowest BCUT2D eigenvalue weighted by atomic mass is 10.1. The van der Waals surface area contributed by atoms with Crippen molar-refractivity contribution < 1.29 is 23.8 Å². The molecule has 0 spiro atoms. The van der Waals surface area contributed by atoms with Crippen molar-refractivity contribution in [3.05, 3.63) is 107 Å². The van der Waals surface area contributed by atoms with Crippen LogP contribution in [0.25, 0.3) is 16.8 Å². The molecular weight excluding hydrogens is 480 g/mol. The van der Waals surface area contributed by atoms with Crippen LogP contribution in [-0.4, -0.2) is 25.6 Å². The summed E-state index contributed by atoms with van der Waals surface area (Å²) in [6, 6.07) is 27.5. The van der Waals surface area contributed by atoms with Gasteiger partial charge in [-0.2, -0.15) is 5.26 Å². The molecule has 4 aromatic carbocycles. The maximum Gasteiger partial charge on any atom is 0.338 e. The van der Waals surface area contributed by atoms with Gasteiger partial charge in [0.25, 0.3) is 5.91 Å². The minimum absolute atomic E-state index is 0.122. The average Bonchev–Trinajstić information content (AvgIpc) is 2.95. The fourth-order valence-corrected chi connectivity index (χ4v) is 3.94. The fraction of sp³-hybridized carbons (Fsp3) is 0.129. The first-order valence-corrected chi connectivity index (χ1v) is 12.0. The lowest BCUT2D eigenvalue weighted by Crippen LogP contribution is -2.14. The average molecular weight is 507 g/mol. The molecular formula is C31H26N2O5. The Bertz CT molecular complexity index is 1530. The lowest BCUT2D eigenvalue weighted by Gasteiger charge is -2.15. The largest absolute Gasteiger partial charge is 0.493 e. The van der Waals surface area contributed by atoms with E-state index in [0.717, 1.165) is 16.3 Å². The van der Waals surface area contributed by atoms with Crippen molar-refractivity contribution in [3.8, 4) is 17.6 Å². The van der Waals surface area contributed by atoms with Crippen molar-refractivity contribution >= 4 is 34.4 Å². The highest BCUT2D eigenvalue weighted by molar-refractivity contribution is 6.10. The van der Waals surface area contributed by atoms with Crippen LogP contribution in [0.4, 0.5) is 5.69 Å². The second-order valence-corrected chi connectivity index (χ2v) is 8.23. The number of hydrogen-bond donors (Lipinski definition) is 1. The number of methoxy groups -OCH3 is 1.